The molecule has 0 saturated heterocycles. The molecule has 1 amide bonds. The van der Waals surface area contributed by atoms with Crippen molar-refractivity contribution in [2.24, 2.45) is 5.92 Å². The van der Waals surface area contributed by atoms with Gasteiger partial charge >= 0.3 is 0 Å². The van der Waals surface area contributed by atoms with E-state index in [2.05, 4.69) is 19.2 Å². The third kappa shape index (κ3) is 5.68. The van der Waals surface area contributed by atoms with Crippen LogP contribution in [0.15, 0.2) is 42.5 Å². The van der Waals surface area contributed by atoms with E-state index in [1.807, 2.05) is 18.2 Å². The number of nitrogens with one attached hydrogen (secondary N) is 1. The maximum absolute atomic E-state index is 12.4. The number of benzene rings is 2. The van der Waals surface area contributed by atoms with Gasteiger partial charge < -0.3 is 14.8 Å². The van der Waals surface area contributed by atoms with Gasteiger partial charge in [-0.3, -0.25) is 4.79 Å². The summed E-state index contributed by atoms with van der Waals surface area (Å²) in [6.45, 7) is 5.28. The van der Waals surface area contributed by atoms with Gasteiger partial charge in [0.2, 0.25) is 0 Å². The zero-order chi connectivity index (χ0) is 18.2. The molecule has 5 heteroatoms. The van der Waals surface area contributed by atoms with Gasteiger partial charge in [0.1, 0.15) is 0 Å². The fraction of sp³-hybridized carbons (Fsp3) is 0.350. The quantitative estimate of drug-likeness (QED) is 0.741. The first kappa shape index (κ1) is 19.1. The van der Waals surface area contributed by atoms with Gasteiger partial charge in [-0.15, -0.1) is 0 Å². The lowest BCUT2D eigenvalue weighted by Crippen LogP contribution is -2.23. The van der Waals surface area contributed by atoms with Crippen molar-refractivity contribution in [1.29, 1.82) is 0 Å². The number of halogens is 1. The highest BCUT2D eigenvalue weighted by Gasteiger charge is 2.12. The van der Waals surface area contributed by atoms with Crippen molar-refractivity contribution in [3.63, 3.8) is 0 Å². The SMILES string of the molecule is COc1cc(C(=O)NCc2ccccc2Cl)ccc1OCCC(C)C. The van der Waals surface area contributed by atoms with Crippen molar-refractivity contribution in [2.45, 2.75) is 26.8 Å². The van der Waals surface area contributed by atoms with Crippen molar-refractivity contribution in [2.75, 3.05) is 13.7 Å². The molecule has 0 radical (unpaired) electrons. The standard InChI is InChI=1S/C20H24ClNO3/c1-14(2)10-11-25-18-9-8-15(12-19(18)24-3)20(23)22-13-16-6-4-5-7-17(16)21/h4-9,12,14H,10-11,13H2,1-3H3,(H,22,23). The molecule has 25 heavy (non-hydrogen) atoms. The maximum atomic E-state index is 12.4. The molecule has 0 aromatic heterocycles. The Kier molecular flexibility index (Phi) is 7.14. The van der Waals surface area contributed by atoms with Gasteiger partial charge in [-0.25, -0.2) is 0 Å². The van der Waals surface area contributed by atoms with Crippen LogP contribution in [0.4, 0.5) is 0 Å². The zero-order valence-electron chi connectivity index (χ0n) is 14.8. The Morgan fingerprint density at radius 1 is 1.16 bits per heavy atom. The Bertz CT molecular complexity index is 716. The lowest BCUT2D eigenvalue weighted by Gasteiger charge is -2.13. The van der Waals surface area contributed by atoms with Crippen LogP contribution in [0.1, 0.15) is 36.2 Å². The molecule has 2 aromatic carbocycles. The first-order valence-electron chi connectivity index (χ1n) is 8.33. The summed E-state index contributed by atoms with van der Waals surface area (Å²) in [7, 11) is 1.57. The molecule has 0 atom stereocenters. The molecule has 0 fully saturated rings. The van der Waals surface area contributed by atoms with Gasteiger partial charge in [-0.05, 0) is 42.2 Å². The molecule has 0 aliphatic carbocycles. The smallest absolute Gasteiger partial charge is 0.251 e. The van der Waals surface area contributed by atoms with Crippen molar-refractivity contribution >= 4 is 17.5 Å². The second-order valence-corrected chi connectivity index (χ2v) is 6.58. The fourth-order valence-corrected chi connectivity index (χ4v) is 2.45. The van der Waals surface area contributed by atoms with Crippen LogP contribution >= 0.6 is 11.6 Å². The molecule has 0 unspecified atom stereocenters. The molecule has 2 aromatic rings. The Labute approximate surface area is 154 Å². The van der Waals surface area contributed by atoms with Gasteiger partial charge in [0.25, 0.3) is 5.91 Å². The molecule has 134 valence electrons. The summed E-state index contributed by atoms with van der Waals surface area (Å²) in [6.07, 6.45) is 0.962. The summed E-state index contributed by atoms with van der Waals surface area (Å²) in [5.74, 6) is 1.58. The van der Waals surface area contributed by atoms with Crippen molar-refractivity contribution < 1.29 is 14.3 Å². The number of amides is 1. The molecule has 2 rings (SSSR count). The molecule has 0 spiro atoms. The molecule has 0 heterocycles. The van der Waals surface area contributed by atoms with Gasteiger partial charge in [0, 0.05) is 17.1 Å². The summed E-state index contributed by atoms with van der Waals surface area (Å²) in [5.41, 5.74) is 1.39. The lowest BCUT2D eigenvalue weighted by molar-refractivity contribution is 0.0950. The van der Waals surface area contributed by atoms with Crippen molar-refractivity contribution in [3.8, 4) is 11.5 Å². The largest absolute Gasteiger partial charge is 0.493 e. The Morgan fingerprint density at radius 2 is 1.92 bits per heavy atom. The molecule has 1 N–H and O–H groups in total. The van der Waals surface area contributed by atoms with Crippen molar-refractivity contribution in [3.05, 3.63) is 58.6 Å². The first-order chi connectivity index (χ1) is 12.0. The second kappa shape index (κ2) is 9.33. The van der Waals surface area contributed by atoms with Gasteiger partial charge in [-0.1, -0.05) is 43.6 Å². The van der Waals surface area contributed by atoms with Crippen LogP contribution < -0.4 is 14.8 Å². The van der Waals surface area contributed by atoms with E-state index in [1.165, 1.54) is 0 Å². The van der Waals surface area contributed by atoms with Gasteiger partial charge in [-0.2, -0.15) is 0 Å². The van der Waals surface area contributed by atoms with E-state index < -0.39 is 0 Å². The minimum Gasteiger partial charge on any atom is -0.493 e. The number of methoxy groups -OCH3 is 1. The number of hydrogen-bond donors (Lipinski definition) is 1. The third-order valence-electron chi connectivity index (χ3n) is 3.78. The Hall–Kier alpha value is -2.20. The van der Waals surface area contributed by atoms with Crippen LogP contribution in [-0.2, 0) is 6.54 Å². The number of carbonyl (C=O) groups is 1. The molecular weight excluding hydrogens is 338 g/mol. The van der Waals surface area contributed by atoms with E-state index in [-0.39, 0.29) is 5.91 Å². The van der Waals surface area contributed by atoms with Crippen LogP contribution in [0, 0.1) is 5.92 Å². The average molecular weight is 362 g/mol. The first-order valence-corrected chi connectivity index (χ1v) is 8.71. The highest BCUT2D eigenvalue weighted by atomic mass is 35.5. The minimum absolute atomic E-state index is 0.188. The average Bonchev–Trinajstić information content (AvgIpc) is 2.60. The predicted octanol–water partition coefficient (Wildman–Crippen LogP) is 4.70. The van der Waals surface area contributed by atoms with Crippen LogP contribution in [0.5, 0.6) is 11.5 Å². The predicted molar refractivity (Wildman–Crippen MR) is 101 cm³/mol. The molecule has 0 bridgehead atoms. The minimum atomic E-state index is -0.188. The van der Waals surface area contributed by atoms with Crippen molar-refractivity contribution in [1.82, 2.24) is 5.32 Å². The molecular formula is C20H24ClNO3. The monoisotopic (exact) mass is 361 g/mol. The topological polar surface area (TPSA) is 47.6 Å². The Morgan fingerprint density at radius 3 is 2.60 bits per heavy atom. The van der Waals surface area contributed by atoms with Gasteiger partial charge in [0.15, 0.2) is 11.5 Å². The fourth-order valence-electron chi connectivity index (χ4n) is 2.25. The van der Waals surface area contributed by atoms with Crippen LogP contribution in [0.3, 0.4) is 0 Å². The van der Waals surface area contributed by atoms with E-state index >= 15 is 0 Å². The highest BCUT2D eigenvalue weighted by molar-refractivity contribution is 6.31. The molecule has 0 aliphatic heterocycles. The van der Waals surface area contributed by atoms with Gasteiger partial charge in [0.05, 0.1) is 13.7 Å². The number of hydrogen-bond acceptors (Lipinski definition) is 3. The summed E-state index contributed by atoms with van der Waals surface area (Å²) in [5, 5.41) is 3.50. The summed E-state index contributed by atoms with van der Waals surface area (Å²) in [4.78, 5) is 12.4. The number of carbonyl (C=O) groups excluding carboxylic acids is 1. The molecule has 0 saturated carbocycles. The molecule has 4 nitrogen and oxygen atoms in total. The maximum Gasteiger partial charge on any atom is 0.251 e. The normalized spacial score (nSPS) is 10.6. The van der Waals surface area contributed by atoms with Crippen LogP contribution in [0.25, 0.3) is 0 Å². The summed E-state index contributed by atoms with van der Waals surface area (Å²) in [6, 6.07) is 12.6. The second-order valence-electron chi connectivity index (χ2n) is 6.17. The van der Waals surface area contributed by atoms with E-state index in [4.69, 9.17) is 21.1 Å². The Balaban J connectivity index is 2.01. The third-order valence-corrected chi connectivity index (χ3v) is 4.14. The zero-order valence-corrected chi connectivity index (χ0v) is 15.6. The van der Waals surface area contributed by atoms with Crippen LogP contribution in [-0.4, -0.2) is 19.6 Å². The van der Waals surface area contributed by atoms with E-state index in [0.29, 0.717) is 41.2 Å². The highest BCUT2D eigenvalue weighted by Crippen LogP contribution is 2.28. The van der Waals surface area contributed by atoms with E-state index in [9.17, 15) is 4.79 Å². The molecule has 0 aliphatic rings. The summed E-state index contributed by atoms with van der Waals surface area (Å²) >= 11 is 6.10. The lowest BCUT2D eigenvalue weighted by atomic mass is 10.1. The number of ether oxygens (including phenoxy) is 2. The van der Waals surface area contributed by atoms with Crippen LogP contribution in [0.2, 0.25) is 5.02 Å². The van der Waals surface area contributed by atoms with E-state index in [0.717, 1.165) is 12.0 Å². The van der Waals surface area contributed by atoms with E-state index in [1.54, 1.807) is 31.4 Å². The number of rotatable bonds is 8. The summed E-state index contributed by atoms with van der Waals surface area (Å²) < 4.78 is 11.1.